The van der Waals surface area contributed by atoms with Gasteiger partial charge in [-0.3, -0.25) is 5.84 Å². The first-order valence-electron chi connectivity index (χ1n) is 4.60. The SMILES string of the molecule is CC(C)=CC(NN)c1ccc(Cl)c(Cl)c1. The molecule has 0 spiro atoms. The van der Waals surface area contributed by atoms with Crippen LogP contribution in [-0.2, 0) is 0 Å². The fourth-order valence-electron chi connectivity index (χ4n) is 1.28. The lowest BCUT2D eigenvalue weighted by molar-refractivity contribution is 0.652. The quantitative estimate of drug-likeness (QED) is 0.486. The van der Waals surface area contributed by atoms with Gasteiger partial charge in [-0.2, -0.15) is 0 Å². The highest BCUT2D eigenvalue weighted by molar-refractivity contribution is 6.42. The van der Waals surface area contributed by atoms with E-state index in [0.717, 1.165) is 5.56 Å². The van der Waals surface area contributed by atoms with Gasteiger partial charge in [0.1, 0.15) is 0 Å². The summed E-state index contributed by atoms with van der Waals surface area (Å²) in [7, 11) is 0. The largest absolute Gasteiger partial charge is 0.271 e. The van der Waals surface area contributed by atoms with Crippen LogP contribution in [0.1, 0.15) is 25.5 Å². The zero-order valence-corrected chi connectivity index (χ0v) is 10.2. The van der Waals surface area contributed by atoms with Crippen molar-refractivity contribution >= 4 is 23.2 Å². The molecule has 4 heteroatoms. The topological polar surface area (TPSA) is 38.0 Å². The molecule has 0 aliphatic heterocycles. The predicted molar refractivity (Wildman–Crippen MR) is 66.0 cm³/mol. The molecule has 2 nitrogen and oxygen atoms in total. The molecular weight excluding hydrogens is 231 g/mol. The number of halogens is 2. The zero-order chi connectivity index (χ0) is 11.4. The number of nitrogens with one attached hydrogen (secondary N) is 1. The summed E-state index contributed by atoms with van der Waals surface area (Å²) in [5.41, 5.74) is 4.90. The Balaban J connectivity index is 3.03. The molecule has 1 rings (SSSR count). The molecule has 0 radical (unpaired) electrons. The van der Waals surface area contributed by atoms with Crippen molar-refractivity contribution in [2.75, 3.05) is 0 Å². The fraction of sp³-hybridized carbons (Fsp3) is 0.273. The van der Waals surface area contributed by atoms with E-state index in [4.69, 9.17) is 29.0 Å². The van der Waals surface area contributed by atoms with Gasteiger partial charge in [-0.1, -0.05) is 40.9 Å². The number of rotatable bonds is 3. The summed E-state index contributed by atoms with van der Waals surface area (Å²) < 4.78 is 0. The average Bonchev–Trinajstić information content (AvgIpc) is 2.18. The van der Waals surface area contributed by atoms with Crippen LogP contribution < -0.4 is 11.3 Å². The first-order valence-corrected chi connectivity index (χ1v) is 5.36. The van der Waals surface area contributed by atoms with E-state index < -0.39 is 0 Å². The number of hydrazine groups is 1. The maximum atomic E-state index is 5.93. The molecule has 0 saturated heterocycles. The third-order valence-electron chi connectivity index (χ3n) is 1.98. The summed E-state index contributed by atoms with van der Waals surface area (Å²) in [6.07, 6.45) is 2.03. The highest BCUT2D eigenvalue weighted by atomic mass is 35.5. The van der Waals surface area contributed by atoms with E-state index in [1.807, 2.05) is 32.1 Å². The van der Waals surface area contributed by atoms with Crippen LogP contribution in [0.5, 0.6) is 0 Å². The lowest BCUT2D eigenvalue weighted by Crippen LogP contribution is -2.26. The van der Waals surface area contributed by atoms with Crippen molar-refractivity contribution in [2.45, 2.75) is 19.9 Å². The second-order valence-corrected chi connectivity index (χ2v) is 4.38. The Morgan fingerprint density at radius 3 is 2.47 bits per heavy atom. The molecule has 0 fully saturated rings. The number of allylic oxidation sites excluding steroid dienone is 1. The highest BCUT2D eigenvalue weighted by Crippen LogP contribution is 2.26. The molecule has 0 bridgehead atoms. The Hall–Kier alpha value is -0.540. The Labute approximate surface area is 100 Å². The molecule has 1 aromatic carbocycles. The number of hydrogen-bond donors (Lipinski definition) is 2. The number of hydrogen-bond acceptors (Lipinski definition) is 2. The van der Waals surface area contributed by atoms with E-state index >= 15 is 0 Å². The van der Waals surface area contributed by atoms with Crippen LogP contribution in [0.4, 0.5) is 0 Å². The van der Waals surface area contributed by atoms with Crippen molar-refractivity contribution in [1.82, 2.24) is 5.43 Å². The molecule has 1 unspecified atom stereocenters. The third kappa shape index (κ3) is 3.50. The van der Waals surface area contributed by atoms with Gasteiger partial charge in [0.05, 0.1) is 16.1 Å². The molecule has 1 atom stereocenters. The third-order valence-corrected chi connectivity index (χ3v) is 2.72. The van der Waals surface area contributed by atoms with Crippen LogP contribution in [0, 0.1) is 0 Å². The molecule has 0 aromatic heterocycles. The maximum absolute atomic E-state index is 5.93. The van der Waals surface area contributed by atoms with Crippen LogP contribution in [0.2, 0.25) is 10.0 Å². The molecule has 0 saturated carbocycles. The molecule has 0 amide bonds. The molecular formula is C11H14Cl2N2. The molecule has 1 aromatic rings. The van der Waals surface area contributed by atoms with Gasteiger partial charge < -0.3 is 0 Å². The van der Waals surface area contributed by atoms with Gasteiger partial charge in [0.2, 0.25) is 0 Å². The van der Waals surface area contributed by atoms with E-state index in [1.54, 1.807) is 6.07 Å². The smallest absolute Gasteiger partial charge is 0.0643 e. The monoisotopic (exact) mass is 244 g/mol. The van der Waals surface area contributed by atoms with Gasteiger partial charge >= 0.3 is 0 Å². The molecule has 0 heterocycles. The summed E-state index contributed by atoms with van der Waals surface area (Å²) in [6.45, 7) is 4.03. The Kier molecular flexibility index (Phi) is 4.61. The summed E-state index contributed by atoms with van der Waals surface area (Å²) in [6, 6.07) is 5.44. The van der Waals surface area contributed by atoms with E-state index in [1.165, 1.54) is 5.57 Å². The van der Waals surface area contributed by atoms with Gasteiger partial charge in [0, 0.05) is 0 Å². The van der Waals surface area contributed by atoms with Crippen LogP contribution >= 0.6 is 23.2 Å². The number of benzene rings is 1. The minimum atomic E-state index is -0.0373. The standard InChI is InChI=1S/C11H14Cl2N2/c1-7(2)5-11(15-14)8-3-4-9(12)10(13)6-8/h3-6,11,15H,14H2,1-2H3. The second-order valence-electron chi connectivity index (χ2n) is 3.56. The van der Waals surface area contributed by atoms with Crippen LogP contribution in [0.3, 0.4) is 0 Å². The van der Waals surface area contributed by atoms with Gasteiger partial charge in [-0.05, 0) is 31.5 Å². The Bertz CT molecular complexity index is 371. The molecule has 0 aliphatic carbocycles. The minimum absolute atomic E-state index is 0.0373. The molecule has 0 aliphatic rings. The van der Waals surface area contributed by atoms with Crippen molar-refractivity contribution < 1.29 is 0 Å². The summed E-state index contributed by atoms with van der Waals surface area (Å²) in [4.78, 5) is 0. The van der Waals surface area contributed by atoms with Gasteiger partial charge in [0.15, 0.2) is 0 Å². The van der Waals surface area contributed by atoms with Gasteiger partial charge in [0.25, 0.3) is 0 Å². The predicted octanol–water partition coefficient (Wildman–Crippen LogP) is 3.46. The highest BCUT2D eigenvalue weighted by Gasteiger charge is 2.08. The summed E-state index contributed by atoms with van der Waals surface area (Å²) in [5, 5.41) is 1.09. The summed E-state index contributed by atoms with van der Waals surface area (Å²) >= 11 is 11.8. The molecule has 3 N–H and O–H groups in total. The van der Waals surface area contributed by atoms with Crippen molar-refractivity contribution in [3.05, 3.63) is 45.5 Å². The lowest BCUT2D eigenvalue weighted by atomic mass is 10.1. The van der Waals surface area contributed by atoms with Gasteiger partial charge in [-0.25, -0.2) is 5.43 Å². The van der Waals surface area contributed by atoms with Crippen LogP contribution in [0.25, 0.3) is 0 Å². The average molecular weight is 245 g/mol. The Morgan fingerprint density at radius 2 is 2.00 bits per heavy atom. The normalized spacial score (nSPS) is 12.3. The van der Waals surface area contributed by atoms with Crippen molar-refractivity contribution in [2.24, 2.45) is 5.84 Å². The zero-order valence-electron chi connectivity index (χ0n) is 8.72. The van der Waals surface area contributed by atoms with Crippen LogP contribution in [0.15, 0.2) is 29.8 Å². The number of nitrogens with two attached hydrogens (primary N) is 1. The molecule has 15 heavy (non-hydrogen) atoms. The molecule has 82 valence electrons. The Morgan fingerprint density at radius 1 is 1.33 bits per heavy atom. The van der Waals surface area contributed by atoms with Gasteiger partial charge in [-0.15, -0.1) is 0 Å². The minimum Gasteiger partial charge on any atom is -0.271 e. The van der Waals surface area contributed by atoms with E-state index in [9.17, 15) is 0 Å². The van der Waals surface area contributed by atoms with E-state index in [2.05, 4.69) is 5.43 Å². The summed E-state index contributed by atoms with van der Waals surface area (Å²) in [5.74, 6) is 5.47. The van der Waals surface area contributed by atoms with E-state index in [0.29, 0.717) is 10.0 Å². The van der Waals surface area contributed by atoms with Crippen molar-refractivity contribution in [3.8, 4) is 0 Å². The fourth-order valence-corrected chi connectivity index (χ4v) is 1.59. The first kappa shape index (κ1) is 12.5. The van der Waals surface area contributed by atoms with E-state index in [-0.39, 0.29) is 6.04 Å². The first-order chi connectivity index (χ1) is 7.04. The lowest BCUT2D eigenvalue weighted by Gasteiger charge is -2.13. The van der Waals surface area contributed by atoms with Crippen molar-refractivity contribution in [1.29, 1.82) is 0 Å². The maximum Gasteiger partial charge on any atom is 0.0643 e. The van der Waals surface area contributed by atoms with Crippen molar-refractivity contribution in [3.63, 3.8) is 0 Å². The van der Waals surface area contributed by atoms with Crippen LogP contribution in [-0.4, -0.2) is 0 Å². The second kappa shape index (κ2) is 5.52.